The lowest BCUT2D eigenvalue weighted by molar-refractivity contribution is -0.0287. The summed E-state index contributed by atoms with van der Waals surface area (Å²) >= 11 is 0. The predicted molar refractivity (Wildman–Crippen MR) is 42.9 cm³/mol. The van der Waals surface area contributed by atoms with E-state index in [2.05, 4.69) is 9.75 Å². The molecule has 1 fully saturated rings. The van der Waals surface area contributed by atoms with E-state index in [0.29, 0.717) is 19.0 Å². The molecule has 13 heavy (non-hydrogen) atoms. The Labute approximate surface area is 74.9 Å². The quantitative estimate of drug-likeness (QED) is 0.577. The van der Waals surface area contributed by atoms with Gasteiger partial charge in [-0.3, -0.25) is 4.68 Å². The number of hydrogen-bond donors (Lipinski definition) is 2. The number of hydrogen-bond acceptors (Lipinski definition) is 5. The van der Waals surface area contributed by atoms with Crippen LogP contribution in [-0.4, -0.2) is 40.4 Å². The molecule has 1 saturated heterocycles. The molecule has 0 amide bonds. The highest BCUT2D eigenvalue weighted by atomic mass is 16.6. The molecular weight excluding hydrogens is 175 g/mol. The van der Waals surface area contributed by atoms with E-state index in [1.165, 1.54) is 6.20 Å². The van der Waals surface area contributed by atoms with Crippen molar-refractivity contribution in [3.05, 3.63) is 12.4 Å². The van der Waals surface area contributed by atoms with Gasteiger partial charge in [0.2, 0.25) is 0 Å². The van der Waals surface area contributed by atoms with E-state index in [-0.39, 0.29) is 6.04 Å². The molecule has 0 atom stereocenters. The van der Waals surface area contributed by atoms with Crippen molar-refractivity contribution >= 4 is 7.32 Å². The molecule has 0 unspecified atom stereocenters. The highest BCUT2D eigenvalue weighted by molar-refractivity contribution is 6.33. The van der Waals surface area contributed by atoms with Gasteiger partial charge in [-0.25, -0.2) is 0 Å². The first-order valence-corrected chi connectivity index (χ1v) is 3.90. The Morgan fingerprint density at radius 3 is 2.92 bits per heavy atom. The van der Waals surface area contributed by atoms with Crippen LogP contribution in [0.1, 0.15) is 6.04 Å². The van der Waals surface area contributed by atoms with Crippen LogP contribution in [-0.2, 0) is 4.74 Å². The van der Waals surface area contributed by atoms with E-state index in [1.807, 2.05) is 0 Å². The van der Waals surface area contributed by atoms with Gasteiger partial charge in [-0.2, -0.15) is 5.10 Å². The second kappa shape index (κ2) is 3.37. The summed E-state index contributed by atoms with van der Waals surface area (Å²) in [5, 5.41) is 21.0. The zero-order valence-electron chi connectivity index (χ0n) is 6.83. The van der Waals surface area contributed by atoms with Crippen LogP contribution >= 0.6 is 0 Å². The average molecular weight is 184 g/mol. The molecule has 2 heterocycles. The van der Waals surface area contributed by atoms with E-state index in [1.54, 1.807) is 10.9 Å². The van der Waals surface area contributed by atoms with E-state index in [4.69, 9.17) is 14.8 Å². The third kappa shape index (κ3) is 1.82. The van der Waals surface area contributed by atoms with E-state index in [0.717, 1.165) is 0 Å². The summed E-state index contributed by atoms with van der Waals surface area (Å²) in [4.78, 5) is 0. The van der Waals surface area contributed by atoms with Crippen molar-refractivity contribution in [2.75, 3.05) is 13.2 Å². The molecule has 1 aromatic heterocycles. The number of ether oxygens (including phenoxy) is 1. The Kier molecular flexibility index (Phi) is 2.21. The van der Waals surface area contributed by atoms with E-state index in [9.17, 15) is 0 Å². The maximum Gasteiger partial charge on any atom is 0.707 e. The van der Waals surface area contributed by atoms with Crippen LogP contribution in [0.3, 0.4) is 0 Å². The minimum absolute atomic E-state index is 0.244. The molecular formula is C6H9BN2O4. The number of aromatic nitrogens is 2. The van der Waals surface area contributed by atoms with Crippen molar-refractivity contribution in [1.29, 1.82) is 0 Å². The van der Waals surface area contributed by atoms with Gasteiger partial charge in [-0.1, -0.05) is 0 Å². The summed E-state index contributed by atoms with van der Waals surface area (Å²) < 4.78 is 11.3. The summed E-state index contributed by atoms with van der Waals surface area (Å²) in [5.41, 5.74) is 0. The highest BCUT2D eigenvalue weighted by Crippen LogP contribution is 2.19. The zero-order valence-corrected chi connectivity index (χ0v) is 6.83. The van der Waals surface area contributed by atoms with E-state index >= 15 is 0 Å². The van der Waals surface area contributed by atoms with Crippen LogP contribution in [0.2, 0.25) is 0 Å². The Morgan fingerprint density at radius 1 is 1.62 bits per heavy atom. The largest absolute Gasteiger partial charge is 0.707 e. The van der Waals surface area contributed by atoms with Crippen LogP contribution in [0.25, 0.3) is 0 Å². The fourth-order valence-corrected chi connectivity index (χ4v) is 1.08. The van der Waals surface area contributed by atoms with Gasteiger partial charge in [0.05, 0.1) is 31.6 Å². The van der Waals surface area contributed by atoms with Crippen LogP contribution in [0.5, 0.6) is 5.75 Å². The van der Waals surface area contributed by atoms with Gasteiger partial charge < -0.3 is 19.4 Å². The number of rotatable bonds is 3. The molecule has 0 aliphatic carbocycles. The molecule has 0 radical (unpaired) electrons. The minimum Gasteiger partial charge on any atom is -0.509 e. The second-order valence-corrected chi connectivity index (χ2v) is 2.79. The van der Waals surface area contributed by atoms with Crippen molar-refractivity contribution in [2.24, 2.45) is 0 Å². The lowest BCUT2D eigenvalue weighted by Gasteiger charge is -2.25. The Bertz CT molecular complexity index is 286. The van der Waals surface area contributed by atoms with Crippen LogP contribution in [0.4, 0.5) is 0 Å². The lowest BCUT2D eigenvalue weighted by atomic mass is 10.2. The van der Waals surface area contributed by atoms with Gasteiger partial charge in [-0.05, 0) is 0 Å². The highest BCUT2D eigenvalue weighted by Gasteiger charge is 2.22. The third-order valence-corrected chi connectivity index (χ3v) is 1.81. The fraction of sp³-hybridized carbons (Fsp3) is 0.500. The Morgan fingerprint density at radius 2 is 2.38 bits per heavy atom. The summed E-state index contributed by atoms with van der Waals surface area (Å²) in [6.07, 6.45) is 3.03. The molecule has 1 aliphatic heterocycles. The fourth-order valence-electron chi connectivity index (χ4n) is 1.08. The van der Waals surface area contributed by atoms with Crippen molar-refractivity contribution < 1.29 is 19.4 Å². The Balaban J connectivity index is 2.00. The van der Waals surface area contributed by atoms with Gasteiger partial charge >= 0.3 is 7.32 Å². The third-order valence-electron chi connectivity index (χ3n) is 1.81. The van der Waals surface area contributed by atoms with E-state index < -0.39 is 7.32 Å². The van der Waals surface area contributed by atoms with Crippen LogP contribution in [0, 0.1) is 0 Å². The van der Waals surface area contributed by atoms with Crippen molar-refractivity contribution in [1.82, 2.24) is 9.78 Å². The molecule has 0 saturated carbocycles. The molecule has 0 aromatic carbocycles. The summed E-state index contributed by atoms with van der Waals surface area (Å²) in [5.74, 6) is 0.335. The second-order valence-electron chi connectivity index (χ2n) is 2.79. The monoisotopic (exact) mass is 184 g/mol. The molecule has 70 valence electrons. The van der Waals surface area contributed by atoms with Gasteiger partial charge in [0, 0.05) is 0 Å². The molecule has 1 aromatic rings. The molecule has 1 aliphatic rings. The maximum atomic E-state index is 8.50. The predicted octanol–water partition coefficient (Wildman–Crippen LogP) is -1.20. The summed E-state index contributed by atoms with van der Waals surface area (Å²) in [6.45, 7) is 1.28. The number of nitrogens with zero attached hydrogens (tertiary/aromatic N) is 2. The lowest BCUT2D eigenvalue weighted by Crippen LogP contribution is -2.30. The molecule has 0 spiro atoms. The van der Waals surface area contributed by atoms with Crippen molar-refractivity contribution in [3.63, 3.8) is 0 Å². The first kappa shape index (κ1) is 8.55. The van der Waals surface area contributed by atoms with Gasteiger partial charge in [0.1, 0.15) is 5.75 Å². The first-order chi connectivity index (χ1) is 6.25. The maximum absolute atomic E-state index is 8.50. The molecule has 6 nitrogen and oxygen atoms in total. The smallest absolute Gasteiger partial charge is 0.509 e. The van der Waals surface area contributed by atoms with Crippen molar-refractivity contribution in [3.8, 4) is 5.75 Å². The van der Waals surface area contributed by atoms with Crippen LogP contribution in [0.15, 0.2) is 12.4 Å². The summed E-state index contributed by atoms with van der Waals surface area (Å²) in [7, 11) is -1.80. The molecule has 7 heteroatoms. The van der Waals surface area contributed by atoms with Crippen molar-refractivity contribution in [2.45, 2.75) is 6.04 Å². The van der Waals surface area contributed by atoms with Gasteiger partial charge in [0.25, 0.3) is 0 Å². The summed E-state index contributed by atoms with van der Waals surface area (Å²) in [6, 6.07) is 0.244. The van der Waals surface area contributed by atoms with Gasteiger partial charge in [-0.15, -0.1) is 0 Å². The SMILES string of the molecule is OB(O)Oc1cnn(C2COC2)c1. The van der Waals surface area contributed by atoms with Gasteiger partial charge in [0.15, 0.2) is 0 Å². The topological polar surface area (TPSA) is 76.7 Å². The first-order valence-electron chi connectivity index (χ1n) is 3.90. The zero-order chi connectivity index (χ0) is 9.26. The minimum atomic E-state index is -1.80. The molecule has 2 N–H and O–H groups in total. The average Bonchev–Trinajstić information content (AvgIpc) is 2.31. The normalized spacial score (nSPS) is 16.8. The standard InChI is InChI=1S/C6H9BN2O4/c10-7(11)13-6-1-8-9(2-6)5-3-12-4-5/h1-2,5,10-11H,3-4H2. The molecule has 0 bridgehead atoms. The Hall–Kier alpha value is -1.05. The molecule has 2 rings (SSSR count). The van der Waals surface area contributed by atoms with Crippen LogP contribution < -0.4 is 4.65 Å².